The minimum absolute atomic E-state index is 0.184. The van der Waals surface area contributed by atoms with Crippen LogP contribution in [-0.4, -0.2) is 27.3 Å². The van der Waals surface area contributed by atoms with Crippen LogP contribution < -0.4 is 5.69 Å². The number of ether oxygens (including phenoxy) is 1. The molecule has 0 atom stereocenters. The van der Waals surface area contributed by atoms with Crippen LogP contribution in [0.3, 0.4) is 0 Å². The summed E-state index contributed by atoms with van der Waals surface area (Å²) in [6.45, 7) is 4.17. The number of rotatable bonds is 4. The predicted octanol–water partition coefficient (Wildman–Crippen LogP) is 3.24. The molecule has 1 N–H and O–H groups in total. The molecule has 0 unspecified atom stereocenters. The summed E-state index contributed by atoms with van der Waals surface area (Å²) >= 11 is 0. The molecule has 0 radical (unpaired) electrons. The van der Waals surface area contributed by atoms with E-state index in [4.69, 9.17) is 4.74 Å². The van der Waals surface area contributed by atoms with Gasteiger partial charge in [-0.1, -0.05) is 32.0 Å². The Morgan fingerprint density at radius 1 is 1.08 bits per heavy atom. The lowest BCUT2D eigenvalue weighted by molar-refractivity contribution is 0.0600. The van der Waals surface area contributed by atoms with Crippen molar-refractivity contribution >= 4 is 5.97 Å². The van der Waals surface area contributed by atoms with Gasteiger partial charge in [-0.2, -0.15) is 0 Å². The van der Waals surface area contributed by atoms with E-state index in [1.54, 1.807) is 36.4 Å². The van der Waals surface area contributed by atoms with Gasteiger partial charge in [-0.25, -0.2) is 14.2 Å². The summed E-state index contributed by atoms with van der Waals surface area (Å²) in [7, 11) is 1.30. The number of imidazole rings is 1. The van der Waals surface area contributed by atoms with Crippen molar-refractivity contribution < 1.29 is 14.6 Å². The van der Waals surface area contributed by atoms with Crippen molar-refractivity contribution in [2.75, 3.05) is 7.11 Å². The number of aromatic hydroxyl groups is 1. The minimum atomic E-state index is -0.493. The number of nitrogens with zero attached hydrogens (tertiary/aromatic N) is 2. The lowest BCUT2D eigenvalue weighted by Crippen LogP contribution is -2.22. The van der Waals surface area contributed by atoms with Crippen molar-refractivity contribution in [3.05, 3.63) is 76.3 Å². The fourth-order valence-electron chi connectivity index (χ4n) is 2.77. The molecular formula is C20H20N2O4. The maximum absolute atomic E-state index is 12.8. The first-order chi connectivity index (χ1) is 12.4. The maximum Gasteiger partial charge on any atom is 0.340 e. The summed E-state index contributed by atoms with van der Waals surface area (Å²) in [6, 6.07) is 13.9. The van der Waals surface area contributed by atoms with E-state index in [1.165, 1.54) is 22.4 Å². The van der Waals surface area contributed by atoms with Crippen LogP contribution in [0.5, 0.6) is 5.88 Å². The van der Waals surface area contributed by atoms with Crippen LogP contribution in [-0.2, 0) is 4.74 Å². The Bertz CT molecular complexity index is 997. The molecule has 134 valence electrons. The lowest BCUT2D eigenvalue weighted by Gasteiger charge is -2.08. The molecule has 3 aromatic rings. The van der Waals surface area contributed by atoms with Gasteiger partial charge in [0.25, 0.3) is 0 Å². The van der Waals surface area contributed by atoms with Crippen LogP contribution >= 0.6 is 0 Å². The number of carbonyl (C=O) groups excluding carboxylic acids is 1. The summed E-state index contributed by atoms with van der Waals surface area (Å²) in [4.78, 5) is 24.5. The third-order valence-corrected chi connectivity index (χ3v) is 4.23. The minimum Gasteiger partial charge on any atom is -0.493 e. The molecule has 26 heavy (non-hydrogen) atoms. The molecule has 0 saturated heterocycles. The lowest BCUT2D eigenvalue weighted by atomic mass is 10.0. The Hall–Kier alpha value is -3.28. The van der Waals surface area contributed by atoms with Crippen molar-refractivity contribution in [2.45, 2.75) is 19.8 Å². The molecule has 1 heterocycles. The van der Waals surface area contributed by atoms with Gasteiger partial charge in [-0.3, -0.25) is 4.57 Å². The van der Waals surface area contributed by atoms with Gasteiger partial charge in [0.2, 0.25) is 5.88 Å². The van der Waals surface area contributed by atoms with Crippen molar-refractivity contribution in [3.63, 3.8) is 0 Å². The van der Waals surface area contributed by atoms with Crippen LogP contribution in [0.4, 0.5) is 0 Å². The second kappa shape index (κ2) is 6.92. The summed E-state index contributed by atoms with van der Waals surface area (Å²) in [5.74, 6) is -0.302. The second-order valence-electron chi connectivity index (χ2n) is 6.26. The van der Waals surface area contributed by atoms with Gasteiger partial charge in [0.15, 0.2) is 0 Å². The van der Waals surface area contributed by atoms with Crippen LogP contribution in [0.25, 0.3) is 11.4 Å². The third kappa shape index (κ3) is 3.13. The van der Waals surface area contributed by atoms with E-state index in [0.29, 0.717) is 22.9 Å². The Kier molecular flexibility index (Phi) is 4.67. The fraction of sp³-hybridized carbons (Fsp3) is 0.200. The number of hydrogen-bond donors (Lipinski definition) is 1. The molecule has 0 saturated carbocycles. The first kappa shape index (κ1) is 17.5. The van der Waals surface area contributed by atoms with Gasteiger partial charge < -0.3 is 9.84 Å². The number of methoxy groups -OCH3 is 1. The van der Waals surface area contributed by atoms with Crippen molar-refractivity contribution in [3.8, 4) is 17.3 Å². The second-order valence-corrected chi connectivity index (χ2v) is 6.26. The third-order valence-electron chi connectivity index (χ3n) is 4.23. The smallest absolute Gasteiger partial charge is 0.340 e. The van der Waals surface area contributed by atoms with Crippen molar-refractivity contribution in [1.82, 2.24) is 9.13 Å². The molecule has 0 aliphatic heterocycles. The van der Waals surface area contributed by atoms with E-state index in [0.717, 1.165) is 5.56 Å². The normalized spacial score (nSPS) is 10.9. The molecule has 1 aromatic heterocycles. The SMILES string of the molecule is COC(=O)c1cccc(-n2cc(O)n(-c3ccc(C(C)C)cc3)c2=O)c1. The van der Waals surface area contributed by atoms with Gasteiger partial charge in [-0.05, 0) is 41.8 Å². The maximum atomic E-state index is 12.8. The molecule has 0 amide bonds. The number of esters is 1. The summed E-state index contributed by atoms with van der Waals surface area (Å²) in [6.07, 6.45) is 1.33. The van der Waals surface area contributed by atoms with E-state index in [1.807, 2.05) is 12.1 Å². The summed E-state index contributed by atoms with van der Waals surface area (Å²) in [5.41, 5.74) is 2.07. The van der Waals surface area contributed by atoms with Crippen LogP contribution in [0.15, 0.2) is 59.5 Å². The average molecular weight is 352 g/mol. The quantitative estimate of drug-likeness (QED) is 0.732. The molecule has 0 fully saturated rings. The van der Waals surface area contributed by atoms with E-state index in [2.05, 4.69) is 13.8 Å². The van der Waals surface area contributed by atoms with Crippen LogP contribution in [0.1, 0.15) is 35.7 Å². The Morgan fingerprint density at radius 2 is 1.77 bits per heavy atom. The Labute approximate surface area is 150 Å². The topological polar surface area (TPSA) is 73.5 Å². The van der Waals surface area contributed by atoms with Gasteiger partial charge in [0, 0.05) is 0 Å². The van der Waals surface area contributed by atoms with E-state index < -0.39 is 11.7 Å². The van der Waals surface area contributed by atoms with E-state index in [-0.39, 0.29) is 5.88 Å². The highest BCUT2D eigenvalue weighted by Gasteiger charge is 2.15. The predicted molar refractivity (Wildman–Crippen MR) is 98.5 cm³/mol. The molecule has 2 aromatic carbocycles. The zero-order chi connectivity index (χ0) is 18.8. The standard InChI is InChI=1S/C20H20N2O4/c1-13(2)14-7-9-16(10-8-14)22-18(23)12-21(20(22)25)17-6-4-5-15(11-17)19(24)26-3/h4-13,23H,1-3H3. The Balaban J connectivity index is 2.06. The van der Waals surface area contributed by atoms with Gasteiger partial charge >= 0.3 is 11.7 Å². The van der Waals surface area contributed by atoms with Gasteiger partial charge in [-0.15, -0.1) is 0 Å². The van der Waals surface area contributed by atoms with E-state index >= 15 is 0 Å². The first-order valence-electron chi connectivity index (χ1n) is 8.25. The van der Waals surface area contributed by atoms with Gasteiger partial charge in [0.05, 0.1) is 30.2 Å². The van der Waals surface area contributed by atoms with Crippen LogP contribution in [0.2, 0.25) is 0 Å². The van der Waals surface area contributed by atoms with Crippen molar-refractivity contribution in [2.24, 2.45) is 0 Å². The Morgan fingerprint density at radius 3 is 2.38 bits per heavy atom. The number of aromatic nitrogens is 2. The number of benzene rings is 2. The van der Waals surface area contributed by atoms with Gasteiger partial charge in [0.1, 0.15) is 0 Å². The molecule has 0 aliphatic carbocycles. The monoisotopic (exact) mass is 352 g/mol. The molecule has 0 aliphatic rings. The summed E-state index contributed by atoms with van der Waals surface area (Å²) < 4.78 is 7.21. The first-order valence-corrected chi connectivity index (χ1v) is 8.25. The number of hydrogen-bond acceptors (Lipinski definition) is 4. The molecule has 6 heteroatoms. The zero-order valence-corrected chi connectivity index (χ0v) is 14.8. The van der Waals surface area contributed by atoms with Crippen molar-refractivity contribution in [1.29, 1.82) is 0 Å². The molecule has 6 nitrogen and oxygen atoms in total. The average Bonchev–Trinajstić information content (AvgIpc) is 2.95. The van der Waals surface area contributed by atoms with E-state index in [9.17, 15) is 14.7 Å². The molecule has 3 rings (SSSR count). The fourth-order valence-corrected chi connectivity index (χ4v) is 2.77. The largest absolute Gasteiger partial charge is 0.493 e. The zero-order valence-electron chi connectivity index (χ0n) is 14.8. The molecule has 0 bridgehead atoms. The highest BCUT2D eigenvalue weighted by Crippen LogP contribution is 2.21. The van der Waals surface area contributed by atoms with Crippen LogP contribution in [0, 0.1) is 0 Å². The molecular weight excluding hydrogens is 332 g/mol. The highest BCUT2D eigenvalue weighted by molar-refractivity contribution is 5.89. The molecule has 0 spiro atoms. The summed E-state index contributed by atoms with van der Waals surface area (Å²) in [5, 5.41) is 10.3. The number of carbonyl (C=O) groups is 1. The highest BCUT2D eigenvalue weighted by atomic mass is 16.5.